The van der Waals surface area contributed by atoms with E-state index in [-0.39, 0.29) is 0 Å². The highest BCUT2D eigenvalue weighted by Crippen LogP contribution is 2.19. The van der Waals surface area contributed by atoms with Crippen molar-refractivity contribution in [1.29, 1.82) is 0 Å². The standard InChI is InChI=1S/C18H23NS/c1-3-18(16-11-9-15(2)10-12-16)19-13-14-20-17-7-5-4-6-8-17/h4-12,18-19H,3,13-14H2,1-2H3. The van der Waals surface area contributed by atoms with E-state index in [2.05, 4.69) is 73.8 Å². The Labute approximate surface area is 126 Å². The lowest BCUT2D eigenvalue weighted by Gasteiger charge is -2.17. The van der Waals surface area contributed by atoms with Crippen LogP contribution in [0.3, 0.4) is 0 Å². The Hall–Kier alpha value is -1.25. The van der Waals surface area contributed by atoms with E-state index in [1.54, 1.807) is 0 Å². The van der Waals surface area contributed by atoms with Crippen molar-refractivity contribution >= 4 is 11.8 Å². The lowest BCUT2D eigenvalue weighted by molar-refractivity contribution is 0.539. The van der Waals surface area contributed by atoms with Crippen LogP contribution in [0.2, 0.25) is 0 Å². The first kappa shape index (κ1) is 15.1. The number of benzene rings is 2. The van der Waals surface area contributed by atoms with Crippen molar-refractivity contribution < 1.29 is 0 Å². The molecule has 2 aromatic carbocycles. The predicted molar refractivity (Wildman–Crippen MR) is 89.4 cm³/mol. The molecule has 1 unspecified atom stereocenters. The largest absolute Gasteiger partial charge is 0.309 e. The summed E-state index contributed by atoms with van der Waals surface area (Å²) in [5, 5.41) is 3.65. The van der Waals surface area contributed by atoms with E-state index in [0.717, 1.165) is 18.7 Å². The molecule has 2 aromatic rings. The van der Waals surface area contributed by atoms with E-state index >= 15 is 0 Å². The van der Waals surface area contributed by atoms with Crippen molar-refractivity contribution in [3.8, 4) is 0 Å². The number of aryl methyl sites for hydroxylation is 1. The first-order valence-corrected chi connectivity index (χ1v) is 8.26. The van der Waals surface area contributed by atoms with Gasteiger partial charge in [-0.15, -0.1) is 11.8 Å². The lowest BCUT2D eigenvalue weighted by Crippen LogP contribution is -2.23. The Balaban J connectivity index is 1.78. The molecule has 1 nitrogen and oxygen atoms in total. The first-order valence-electron chi connectivity index (χ1n) is 7.27. The molecule has 0 aliphatic heterocycles. The molecule has 0 aliphatic carbocycles. The molecule has 0 amide bonds. The molecule has 20 heavy (non-hydrogen) atoms. The van der Waals surface area contributed by atoms with Crippen molar-refractivity contribution in [1.82, 2.24) is 5.32 Å². The van der Waals surface area contributed by atoms with Gasteiger partial charge in [-0.25, -0.2) is 0 Å². The fourth-order valence-corrected chi connectivity index (χ4v) is 3.02. The molecule has 2 heteroatoms. The van der Waals surface area contributed by atoms with Crippen LogP contribution >= 0.6 is 11.8 Å². The van der Waals surface area contributed by atoms with E-state index in [1.807, 2.05) is 11.8 Å². The highest BCUT2D eigenvalue weighted by molar-refractivity contribution is 7.99. The van der Waals surface area contributed by atoms with Gasteiger partial charge in [0, 0.05) is 23.2 Å². The fourth-order valence-electron chi connectivity index (χ4n) is 2.22. The van der Waals surface area contributed by atoms with Gasteiger partial charge in [0.1, 0.15) is 0 Å². The molecular formula is C18H23NS. The summed E-state index contributed by atoms with van der Waals surface area (Å²) in [6, 6.07) is 19.9. The minimum atomic E-state index is 0.465. The van der Waals surface area contributed by atoms with Crippen LogP contribution in [0.25, 0.3) is 0 Å². The third-order valence-electron chi connectivity index (χ3n) is 3.39. The maximum Gasteiger partial charge on any atom is 0.0317 e. The molecule has 0 radical (unpaired) electrons. The van der Waals surface area contributed by atoms with Crippen molar-refractivity contribution in [3.63, 3.8) is 0 Å². The van der Waals surface area contributed by atoms with Gasteiger partial charge in [0.25, 0.3) is 0 Å². The molecule has 0 heterocycles. The highest BCUT2D eigenvalue weighted by Gasteiger charge is 2.07. The van der Waals surface area contributed by atoms with Gasteiger partial charge < -0.3 is 5.32 Å². The average molecular weight is 285 g/mol. The van der Waals surface area contributed by atoms with Crippen LogP contribution in [0.1, 0.15) is 30.5 Å². The summed E-state index contributed by atoms with van der Waals surface area (Å²) in [6.45, 7) is 5.41. The monoisotopic (exact) mass is 285 g/mol. The van der Waals surface area contributed by atoms with E-state index in [0.29, 0.717) is 6.04 Å². The third-order valence-corrected chi connectivity index (χ3v) is 4.41. The molecule has 0 aliphatic rings. The molecule has 1 atom stereocenters. The molecule has 106 valence electrons. The quantitative estimate of drug-likeness (QED) is 0.578. The van der Waals surface area contributed by atoms with Crippen molar-refractivity contribution in [3.05, 3.63) is 65.7 Å². The summed E-state index contributed by atoms with van der Waals surface area (Å²) in [5.41, 5.74) is 2.71. The van der Waals surface area contributed by atoms with E-state index in [4.69, 9.17) is 0 Å². The first-order chi connectivity index (χ1) is 9.79. The van der Waals surface area contributed by atoms with Crippen molar-refractivity contribution in [2.75, 3.05) is 12.3 Å². The smallest absolute Gasteiger partial charge is 0.0317 e. The summed E-state index contributed by atoms with van der Waals surface area (Å²) >= 11 is 1.91. The molecule has 0 aromatic heterocycles. The Morgan fingerprint density at radius 3 is 2.35 bits per heavy atom. The van der Waals surface area contributed by atoms with Crippen LogP contribution in [-0.2, 0) is 0 Å². The summed E-state index contributed by atoms with van der Waals surface area (Å²) in [6.07, 6.45) is 1.12. The SMILES string of the molecule is CCC(NCCSc1ccccc1)c1ccc(C)cc1. The normalized spacial score (nSPS) is 12.3. The minimum absolute atomic E-state index is 0.465. The zero-order valence-corrected chi connectivity index (χ0v) is 13.1. The predicted octanol–water partition coefficient (Wildman–Crippen LogP) is 4.83. The van der Waals surface area contributed by atoms with E-state index in [9.17, 15) is 0 Å². The molecule has 1 N–H and O–H groups in total. The maximum absolute atomic E-state index is 3.65. The lowest BCUT2D eigenvalue weighted by atomic mass is 10.0. The van der Waals surface area contributed by atoms with Crippen LogP contribution in [-0.4, -0.2) is 12.3 Å². The molecule has 0 saturated heterocycles. The topological polar surface area (TPSA) is 12.0 Å². The number of hydrogen-bond acceptors (Lipinski definition) is 2. The molecular weight excluding hydrogens is 262 g/mol. The Morgan fingerprint density at radius 1 is 1.00 bits per heavy atom. The van der Waals surface area contributed by atoms with Gasteiger partial charge in [0.2, 0.25) is 0 Å². The van der Waals surface area contributed by atoms with Gasteiger partial charge in [-0.1, -0.05) is 55.0 Å². The zero-order chi connectivity index (χ0) is 14.2. The van der Waals surface area contributed by atoms with Crippen LogP contribution in [0.4, 0.5) is 0 Å². The van der Waals surface area contributed by atoms with Crippen LogP contribution in [0.15, 0.2) is 59.5 Å². The average Bonchev–Trinajstić information content (AvgIpc) is 2.50. The maximum atomic E-state index is 3.65. The number of thioether (sulfide) groups is 1. The second kappa shape index (κ2) is 8.13. The van der Waals surface area contributed by atoms with Gasteiger partial charge in [0.15, 0.2) is 0 Å². The van der Waals surface area contributed by atoms with Crippen molar-refractivity contribution in [2.45, 2.75) is 31.2 Å². The van der Waals surface area contributed by atoms with Crippen LogP contribution in [0.5, 0.6) is 0 Å². The summed E-state index contributed by atoms with van der Waals surface area (Å²) in [5.74, 6) is 1.10. The van der Waals surface area contributed by atoms with E-state index in [1.165, 1.54) is 16.0 Å². The second-order valence-electron chi connectivity index (χ2n) is 4.99. The van der Waals surface area contributed by atoms with Gasteiger partial charge >= 0.3 is 0 Å². The fraction of sp³-hybridized carbons (Fsp3) is 0.333. The number of nitrogens with one attached hydrogen (secondary N) is 1. The Bertz CT molecular complexity index is 493. The zero-order valence-electron chi connectivity index (χ0n) is 12.3. The molecule has 0 spiro atoms. The third kappa shape index (κ3) is 4.69. The number of hydrogen-bond donors (Lipinski definition) is 1. The second-order valence-corrected chi connectivity index (χ2v) is 6.16. The van der Waals surface area contributed by atoms with Crippen LogP contribution in [0, 0.1) is 6.92 Å². The van der Waals surface area contributed by atoms with E-state index < -0.39 is 0 Å². The molecule has 0 bridgehead atoms. The van der Waals surface area contributed by atoms with Crippen molar-refractivity contribution in [2.24, 2.45) is 0 Å². The van der Waals surface area contributed by atoms with Crippen LogP contribution < -0.4 is 5.32 Å². The minimum Gasteiger partial charge on any atom is -0.309 e. The summed E-state index contributed by atoms with van der Waals surface area (Å²) in [4.78, 5) is 1.35. The Morgan fingerprint density at radius 2 is 1.70 bits per heavy atom. The van der Waals surface area contributed by atoms with Gasteiger partial charge in [-0.3, -0.25) is 0 Å². The highest BCUT2D eigenvalue weighted by atomic mass is 32.2. The molecule has 0 fully saturated rings. The van der Waals surface area contributed by atoms with Gasteiger partial charge in [-0.05, 0) is 31.0 Å². The van der Waals surface area contributed by atoms with Gasteiger partial charge in [0.05, 0.1) is 0 Å². The molecule has 0 saturated carbocycles. The Kier molecular flexibility index (Phi) is 6.16. The number of rotatable bonds is 7. The summed E-state index contributed by atoms with van der Waals surface area (Å²) in [7, 11) is 0. The molecule has 2 rings (SSSR count). The van der Waals surface area contributed by atoms with Gasteiger partial charge in [-0.2, -0.15) is 0 Å². The summed E-state index contributed by atoms with van der Waals surface area (Å²) < 4.78 is 0.